The fourth-order valence-electron chi connectivity index (χ4n) is 2.42. The van der Waals surface area contributed by atoms with Gasteiger partial charge in [-0.2, -0.15) is 13.2 Å². The first-order chi connectivity index (χ1) is 11.5. The third-order valence-electron chi connectivity index (χ3n) is 3.48. The maximum Gasteiger partial charge on any atom is 0.416 e. The van der Waals surface area contributed by atoms with Gasteiger partial charge in [-0.3, -0.25) is 9.79 Å². The molecule has 3 rings (SSSR count). The Hall–Kier alpha value is -1.85. The van der Waals surface area contributed by atoms with Gasteiger partial charge in [0.2, 0.25) is 0 Å². The van der Waals surface area contributed by atoms with Gasteiger partial charge in [0.05, 0.1) is 5.56 Å². The summed E-state index contributed by atoms with van der Waals surface area (Å²) in [5, 5.41) is 0.445. The van der Waals surface area contributed by atoms with Gasteiger partial charge in [0.1, 0.15) is 11.4 Å². The van der Waals surface area contributed by atoms with Gasteiger partial charge in [0.25, 0.3) is 5.91 Å². The number of aliphatic imine (C=N–C) groups is 1. The second-order valence-electron chi connectivity index (χ2n) is 5.01. The Kier molecular flexibility index (Phi) is 2.31. The Labute approximate surface area is 125 Å². The molecule has 1 amide bonds. The summed E-state index contributed by atoms with van der Waals surface area (Å²) in [6.45, 7) is 0. The smallest absolute Gasteiger partial charge is 0.326 e. The molecule has 1 saturated carbocycles. The van der Waals surface area contributed by atoms with E-state index in [0.29, 0.717) is 18.2 Å². The van der Waals surface area contributed by atoms with Crippen molar-refractivity contribution in [3.63, 3.8) is 0 Å². The highest BCUT2D eigenvalue weighted by molar-refractivity contribution is 6.46. The Morgan fingerprint density at radius 3 is 2.67 bits per heavy atom. The number of hydrogen-bond donors (Lipinski definition) is 1. The van der Waals surface area contributed by atoms with Crippen molar-refractivity contribution in [2.45, 2.75) is 43.9 Å². The van der Waals surface area contributed by atoms with Crippen LogP contribution in [0.25, 0.3) is 0 Å². The molecule has 21 heavy (non-hydrogen) atoms. The maximum absolute atomic E-state index is 12.7. The standard InChI is InChI=1S/C15H15F3N2O/c16-15(17,18)11-6-4-10(5-7-11)12-13(21)20-14(19-12)8-2-1-3-9-14/h4-7H,1-3,8-9H2,(H,20,21)/i2D,8D2/hD. The van der Waals surface area contributed by atoms with Gasteiger partial charge in [0, 0.05) is 9.68 Å². The zero-order valence-electron chi connectivity index (χ0n) is 14.9. The van der Waals surface area contributed by atoms with Gasteiger partial charge in [-0.1, -0.05) is 18.6 Å². The molecular formula is C15H15F3N2O. The van der Waals surface area contributed by atoms with Crippen molar-refractivity contribution >= 4 is 11.6 Å². The molecule has 3 nitrogen and oxygen atoms in total. The van der Waals surface area contributed by atoms with E-state index in [1.165, 1.54) is 0 Å². The lowest BCUT2D eigenvalue weighted by atomic mass is 9.90. The van der Waals surface area contributed by atoms with Crippen LogP contribution in [-0.4, -0.2) is 17.3 Å². The van der Waals surface area contributed by atoms with E-state index >= 15 is 0 Å². The monoisotopic (exact) mass is 300 g/mol. The first-order valence-electron chi connectivity index (χ1n) is 8.56. The van der Waals surface area contributed by atoms with Crippen molar-refractivity contribution in [2.24, 2.45) is 4.99 Å². The van der Waals surface area contributed by atoms with Crippen molar-refractivity contribution in [3.8, 4) is 0 Å². The fourth-order valence-corrected chi connectivity index (χ4v) is 2.42. The largest absolute Gasteiger partial charge is 0.416 e. The number of hydrogen-bond acceptors (Lipinski definition) is 2. The van der Waals surface area contributed by atoms with Crippen LogP contribution in [0.4, 0.5) is 13.2 Å². The first kappa shape index (κ1) is 9.97. The first-order valence-corrected chi connectivity index (χ1v) is 6.54. The fraction of sp³-hybridized carbons (Fsp3) is 0.467. The van der Waals surface area contributed by atoms with Crippen LogP contribution in [0.1, 0.15) is 47.3 Å². The van der Waals surface area contributed by atoms with Gasteiger partial charge in [-0.15, -0.1) is 0 Å². The number of halogens is 3. The van der Waals surface area contributed by atoms with Gasteiger partial charge < -0.3 is 5.31 Å². The van der Waals surface area contributed by atoms with Crippen LogP contribution >= 0.6 is 0 Å². The Morgan fingerprint density at radius 2 is 2.00 bits per heavy atom. The molecule has 1 aliphatic carbocycles. The van der Waals surface area contributed by atoms with Gasteiger partial charge in [-0.05, 0) is 37.7 Å². The molecule has 1 aromatic rings. The molecule has 1 spiro atoms. The van der Waals surface area contributed by atoms with Gasteiger partial charge >= 0.3 is 6.18 Å². The minimum atomic E-state index is -4.51. The number of carbonyl (C=O) groups excluding carboxylic acids is 1. The molecule has 0 aromatic heterocycles. The SMILES string of the molecule is [2H]C1CCCC2(N=C(c3ccc(C(F)(F)F)cc3)C(=O)N2[2H])C1([2H])[2H]. The molecule has 2 aliphatic rings. The highest BCUT2D eigenvalue weighted by Gasteiger charge is 2.40. The van der Waals surface area contributed by atoms with Crippen LogP contribution in [0.15, 0.2) is 29.3 Å². The van der Waals surface area contributed by atoms with E-state index in [1.54, 1.807) is 0 Å². The number of alkyl halides is 3. The van der Waals surface area contributed by atoms with Crippen LogP contribution in [-0.2, 0) is 11.0 Å². The zero-order chi connectivity index (χ0) is 18.6. The predicted octanol–water partition coefficient (Wildman–Crippen LogP) is 3.28. The molecule has 112 valence electrons. The van der Waals surface area contributed by atoms with Crippen LogP contribution in [0.2, 0.25) is 1.41 Å². The number of rotatable bonds is 1. The average molecular weight is 300 g/mol. The lowest BCUT2D eigenvalue weighted by molar-refractivity contribution is -0.137. The topological polar surface area (TPSA) is 41.5 Å². The van der Waals surface area contributed by atoms with Crippen LogP contribution in [0, 0.1) is 0 Å². The second-order valence-corrected chi connectivity index (χ2v) is 5.01. The molecular weight excluding hydrogens is 281 g/mol. The van der Waals surface area contributed by atoms with Crippen molar-refractivity contribution in [2.75, 3.05) is 0 Å². The second kappa shape index (κ2) is 4.86. The number of carbonyl (C=O) groups is 1. The van der Waals surface area contributed by atoms with E-state index < -0.39 is 36.1 Å². The van der Waals surface area contributed by atoms with E-state index in [-0.39, 0.29) is 17.7 Å². The highest BCUT2D eigenvalue weighted by atomic mass is 19.4. The molecule has 2 unspecified atom stereocenters. The lowest BCUT2D eigenvalue weighted by Crippen LogP contribution is -2.43. The van der Waals surface area contributed by atoms with E-state index in [4.69, 9.17) is 5.52 Å². The third-order valence-corrected chi connectivity index (χ3v) is 3.48. The van der Waals surface area contributed by atoms with Crippen LogP contribution in [0.3, 0.4) is 0 Å². The van der Waals surface area contributed by atoms with Crippen molar-refractivity contribution in [3.05, 3.63) is 35.4 Å². The molecule has 2 atom stereocenters. The molecule has 1 N–H and O–H groups in total. The minimum absolute atomic E-state index is 0.0920. The van der Waals surface area contributed by atoms with Crippen molar-refractivity contribution in [1.29, 1.82) is 0 Å². The summed E-state index contributed by atoms with van der Waals surface area (Å²) in [5.41, 5.74) is -2.84. The van der Waals surface area contributed by atoms with E-state index in [1.807, 2.05) is 0 Å². The molecule has 0 bridgehead atoms. The van der Waals surface area contributed by atoms with Gasteiger partial charge in [0.15, 0.2) is 1.41 Å². The molecule has 1 heterocycles. The Balaban J connectivity index is 2.04. The summed E-state index contributed by atoms with van der Waals surface area (Å²) < 4.78 is 70.2. The highest BCUT2D eigenvalue weighted by Crippen LogP contribution is 2.34. The Bertz CT molecular complexity index is 735. The minimum Gasteiger partial charge on any atom is -0.326 e. The predicted molar refractivity (Wildman–Crippen MR) is 71.9 cm³/mol. The number of amides is 1. The van der Waals surface area contributed by atoms with Crippen LogP contribution in [0.5, 0.6) is 0 Å². The molecule has 6 heteroatoms. The van der Waals surface area contributed by atoms with Gasteiger partial charge in [-0.25, -0.2) is 0 Å². The molecule has 0 saturated heterocycles. The number of benzene rings is 1. The maximum atomic E-state index is 12.7. The van der Waals surface area contributed by atoms with E-state index in [0.717, 1.165) is 24.3 Å². The normalized spacial score (nSPS) is 35.0. The third kappa shape index (κ3) is 2.66. The van der Waals surface area contributed by atoms with Crippen molar-refractivity contribution < 1.29 is 23.5 Å². The molecule has 1 aromatic carbocycles. The summed E-state index contributed by atoms with van der Waals surface area (Å²) in [6, 6.07) is 3.80. The summed E-state index contributed by atoms with van der Waals surface area (Å²) in [5.74, 6) is -0.877. The molecule has 1 fully saturated rings. The molecule has 0 radical (unpaired) electrons. The van der Waals surface area contributed by atoms with E-state index in [9.17, 15) is 18.0 Å². The number of nitrogens with one attached hydrogen (secondary N) is 1. The lowest BCUT2D eigenvalue weighted by Gasteiger charge is -2.30. The summed E-state index contributed by atoms with van der Waals surface area (Å²) in [6.07, 6.45) is -7.06. The average Bonchev–Trinajstić information content (AvgIpc) is 2.79. The molecule has 1 aliphatic heterocycles. The Morgan fingerprint density at radius 1 is 1.29 bits per heavy atom. The van der Waals surface area contributed by atoms with Crippen LogP contribution < -0.4 is 5.31 Å². The summed E-state index contributed by atoms with van der Waals surface area (Å²) in [7, 11) is 0. The van der Waals surface area contributed by atoms with E-state index in [2.05, 4.69) is 4.99 Å². The quantitative estimate of drug-likeness (QED) is 0.849. The zero-order valence-corrected chi connectivity index (χ0v) is 10.9. The summed E-state index contributed by atoms with van der Waals surface area (Å²) in [4.78, 5) is 16.5. The number of nitrogens with zero attached hydrogens (tertiary/aromatic N) is 1. The van der Waals surface area contributed by atoms with Crippen molar-refractivity contribution in [1.82, 2.24) is 5.31 Å². The summed E-state index contributed by atoms with van der Waals surface area (Å²) >= 11 is 0.